The standard InChI is InChI=1S/C32H30FN5O4/c1-20-15-24(8-10-26(20)34-5)36-29(39)31(3,41)19-42-32(4,18-38-14-13-22-17-23(33)7-12-28(22)38)30(40)37-25-9-11-27(35-6)21(2)16-25/h7-17,41H,18-19H2,1-4H3,(H,36,39)(H,37,40)/t31-,32-/m0/s1. The van der Waals surface area contributed by atoms with Gasteiger partial charge in [0.15, 0.2) is 22.6 Å². The van der Waals surface area contributed by atoms with Crippen LogP contribution in [0.15, 0.2) is 66.9 Å². The quantitative estimate of drug-likeness (QED) is 0.207. The van der Waals surface area contributed by atoms with E-state index in [9.17, 15) is 19.1 Å². The van der Waals surface area contributed by atoms with Crippen molar-refractivity contribution in [1.29, 1.82) is 0 Å². The van der Waals surface area contributed by atoms with Gasteiger partial charge in [-0.2, -0.15) is 0 Å². The highest BCUT2D eigenvalue weighted by molar-refractivity contribution is 5.98. The van der Waals surface area contributed by atoms with Crippen LogP contribution in [-0.4, -0.2) is 39.3 Å². The smallest absolute Gasteiger partial charge is 0.258 e. The van der Waals surface area contributed by atoms with Crippen LogP contribution in [0, 0.1) is 32.8 Å². The summed E-state index contributed by atoms with van der Waals surface area (Å²) >= 11 is 0. The van der Waals surface area contributed by atoms with Gasteiger partial charge in [0, 0.05) is 28.5 Å². The number of halogens is 1. The number of rotatable bonds is 9. The van der Waals surface area contributed by atoms with Crippen molar-refractivity contribution in [2.75, 3.05) is 17.2 Å². The van der Waals surface area contributed by atoms with Crippen molar-refractivity contribution < 1.29 is 23.8 Å². The van der Waals surface area contributed by atoms with E-state index in [-0.39, 0.29) is 6.54 Å². The molecule has 0 aliphatic rings. The van der Waals surface area contributed by atoms with Gasteiger partial charge in [0.2, 0.25) is 0 Å². The molecule has 3 aromatic carbocycles. The van der Waals surface area contributed by atoms with Gasteiger partial charge in [-0.25, -0.2) is 14.1 Å². The van der Waals surface area contributed by atoms with E-state index in [2.05, 4.69) is 20.3 Å². The van der Waals surface area contributed by atoms with Crippen LogP contribution in [0.5, 0.6) is 0 Å². The molecular formula is C32H30FN5O4. The van der Waals surface area contributed by atoms with Gasteiger partial charge in [0.05, 0.1) is 26.3 Å². The Morgan fingerprint density at radius 3 is 2.02 bits per heavy atom. The van der Waals surface area contributed by atoms with Crippen molar-refractivity contribution >= 4 is 45.5 Å². The predicted octanol–water partition coefficient (Wildman–Crippen LogP) is 6.30. The van der Waals surface area contributed by atoms with Gasteiger partial charge in [0.1, 0.15) is 5.82 Å². The Labute approximate surface area is 243 Å². The van der Waals surface area contributed by atoms with Crippen molar-refractivity contribution in [2.45, 2.75) is 45.4 Å². The Morgan fingerprint density at radius 2 is 1.48 bits per heavy atom. The first-order valence-electron chi connectivity index (χ1n) is 13.0. The summed E-state index contributed by atoms with van der Waals surface area (Å²) < 4.78 is 21.6. The Morgan fingerprint density at radius 1 is 0.905 bits per heavy atom. The molecule has 3 N–H and O–H groups in total. The molecule has 4 aromatic rings. The summed E-state index contributed by atoms with van der Waals surface area (Å²) in [7, 11) is 0. The lowest BCUT2D eigenvalue weighted by atomic mass is 10.0. The maximum atomic E-state index is 13.8. The molecule has 0 spiro atoms. The third-order valence-corrected chi connectivity index (χ3v) is 7.00. The summed E-state index contributed by atoms with van der Waals surface area (Å²) in [4.78, 5) is 33.6. The number of aromatic nitrogens is 1. The van der Waals surface area contributed by atoms with Crippen LogP contribution in [0.4, 0.5) is 27.1 Å². The van der Waals surface area contributed by atoms with Crippen LogP contribution >= 0.6 is 0 Å². The molecule has 2 amide bonds. The molecule has 1 heterocycles. The zero-order chi connectivity index (χ0) is 30.7. The van der Waals surface area contributed by atoms with E-state index in [0.717, 1.165) is 0 Å². The third-order valence-electron chi connectivity index (χ3n) is 7.00. The molecule has 42 heavy (non-hydrogen) atoms. The van der Waals surface area contributed by atoms with Crippen LogP contribution in [0.1, 0.15) is 25.0 Å². The fraction of sp³-hybridized carbons (Fsp3) is 0.250. The molecule has 0 radical (unpaired) electrons. The molecule has 10 heteroatoms. The van der Waals surface area contributed by atoms with Crippen molar-refractivity contribution in [3.63, 3.8) is 0 Å². The summed E-state index contributed by atoms with van der Waals surface area (Å²) in [5, 5.41) is 17.2. The van der Waals surface area contributed by atoms with Gasteiger partial charge in [-0.3, -0.25) is 9.59 Å². The second-order valence-electron chi connectivity index (χ2n) is 10.6. The maximum Gasteiger partial charge on any atom is 0.258 e. The van der Waals surface area contributed by atoms with E-state index in [1.165, 1.54) is 19.1 Å². The van der Waals surface area contributed by atoms with Crippen LogP contribution in [0.25, 0.3) is 20.6 Å². The molecule has 0 bridgehead atoms. The van der Waals surface area contributed by atoms with Gasteiger partial charge in [-0.1, -0.05) is 12.1 Å². The van der Waals surface area contributed by atoms with Crippen LogP contribution in [0.3, 0.4) is 0 Å². The molecule has 0 fully saturated rings. The van der Waals surface area contributed by atoms with E-state index >= 15 is 0 Å². The Balaban J connectivity index is 1.59. The Kier molecular flexibility index (Phi) is 8.44. The van der Waals surface area contributed by atoms with E-state index < -0.39 is 35.4 Å². The maximum absolute atomic E-state index is 13.8. The fourth-order valence-corrected chi connectivity index (χ4v) is 4.43. The Hall–Kier alpha value is -5.03. The average Bonchev–Trinajstić information content (AvgIpc) is 3.33. The first kappa shape index (κ1) is 29.9. The average molecular weight is 568 g/mol. The predicted molar refractivity (Wildman–Crippen MR) is 159 cm³/mol. The highest BCUT2D eigenvalue weighted by Crippen LogP contribution is 2.27. The summed E-state index contributed by atoms with van der Waals surface area (Å²) in [5.74, 6) is -1.70. The highest BCUT2D eigenvalue weighted by atomic mass is 19.1. The van der Waals surface area contributed by atoms with Crippen LogP contribution < -0.4 is 10.6 Å². The minimum atomic E-state index is -2.04. The molecule has 214 valence electrons. The third kappa shape index (κ3) is 6.47. The van der Waals surface area contributed by atoms with E-state index in [4.69, 9.17) is 17.9 Å². The number of carbonyl (C=O) groups is 2. The largest absolute Gasteiger partial charge is 0.378 e. The zero-order valence-electron chi connectivity index (χ0n) is 23.7. The first-order chi connectivity index (χ1) is 19.8. The topological polar surface area (TPSA) is 101 Å². The molecule has 2 atom stereocenters. The number of anilines is 2. The molecule has 0 aliphatic heterocycles. The molecule has 1 aromatic heterocycles. The minimum Gasteiger partial charge on any atom is -0.378 e. The number of ether oxygens (including phenoxy) is 1. The molecule has 0 saturated heterocycles. The number of hydrogen-bond donors (Lipinski definition) is 3. The highest BCUT2D eigenvalue weighted by Gasteiger charge is 2.40. The number of amides is 2. The lowest BCUT2D eigenvalue weighted by Crippen LogP contribution is -2.52. The summed E-state index contributed by atoms with van der Waals surface area (Å²) in [5.41, 5.74) is 0.123. The number of fused-ring (bicyclic) bond motifs is 1. The summed E-state index contributed by atoms with van der Waals surface area (Å²) in [6, 6.07) is 15.7. The minimum absolute atomic E-state index is 0.0257. The SMILES string of the molecule is [C-]#[N+]c1ccc(NC(=O)[C@@](C)(O)CO[C@@](C)(Cn2ccc3cc(F)ccc32)C(=O)Nc2ccc([N+]#[C-])c(C)c2)cc1C. The van der Waals surface area contributed by atoms with Gasteiger partial charge in [0.25, 0.3) is 11.8 Å². The molecule has 0 unspecified atom stereocenters. The normalized spacial score (nSPS) is 13.8. The van der Waals surface area contributed by atoms with Gasteiger partial charge >= 0.3 is 0 Å². The number of carbonyl (C=O) groups excluding carboxylic acids is 2. The van der Waals surface area contributed by atoms with E-state index in [1.807, 2.05) is 0 Å². The second-order valence-corrected chi connectivity index (χ2v) is 10.6. The molecular weight excluding hydrogens is 537 g/mol. The number of nitrogens with one attached hydrogen (secondary N) is 2. The molecule has 9 nitrogen and oxygen atoms in total. The number of hydrogen-bond acceptors (Lipinski definition) is 4. The number of nitrogens with zero attached hydrogens (tertiary/aromatic N) is 3. The van der Waals surface area contributed by atoms with E-state index in [0.29, 0.717) is 44.8 Å². The lowest BCUT2D eigenvalue weighted by Gasteiger charge is -2.33. The first-order valence-corrected chi connectivity index (χ1v) is 13.0. The van der Waals surface area contributed by atoms with Crippen molar-refractivity contribution in [1.82, 2.24) is 4.57 Å². The molecule has 0 saturated carbocycles. The summed E-state index contributed by atoms with van der Waals surface area (Å²) in [6.07, 6.45) is 1.70. The van der Waals surface area contributed by atoms with Crippen molar-refractivity contribution in [3.05, 3.63) is 107 Å². The number of aryl methyl sites for hydroxylation is 2. The number of aliphatic hydroxyl groups is 1. The molecule has 4 rings (SSSR count). The van der Waals surface area contributed by atoms with Crippen LogP contribution in [0.2, 0.25) is 0 Å². The van der Waals surface area contributed by atoms with E-state index in [1.54, 1.807) is 80.1 Å². The van der Waals surface area contributed by atoms with Crippen molar-refractivity contribution in [2.24, 2.45) is 0 Å². The fourth-order valence-electron chi connectivity index (χ4n) is 4.43. The van der Waals surface area contributed by atoms with Gasteiger partial charge in [-0.15, -0.1) is 0 Å². The zero-order valence-corrected chi connectivity index (χ0v) is 23.7. The second kappa shape index (κ2) is 11.8. The Bertz CT molecular complexity index is 1770. The van der Waals surface area contributed by atoms with Crippen LogP contribution in [-0.2, 0) is 20.9 Å². The summed E-state index contributed by atoms with van der Waals surface area (Å²) in [6.45, 7) is 20.2. The lowest BCUT2D eigenvalue weighted by molar-refractivity contribution is -0.159. The van der Waals surface area contributed by atoms with Gasteiger partial charge in [-0.05, 0) is 87.4 Å². The number of benzene rings is 3. The monoisotopic (exact) mass is 567 g/mol. The van der Waals surface area contributed by atoms with Gasteiger partial charge < -0.3 is 25.0 Å². The van der Waals surface area contributed by atoms with Crippen molar-refractivity contribution in [3.8, 4) is 0 Å². The molecule has 0 aliphatic carbocycles.